The summed E-state index contributed by atoms with van der Waals surface area (Å²) < 4.78 is 0. The summed E-state index contributed by atoms with van der Waals surface area (Å²) in [5.74, 6) is 0.705. The minimum Gasteiger partial charge on any atom is -0.359 e. The lowest BCUT2D eigenvalue weighted by Crippen LogP contribution is -2.43. The van der Waals surface area contributed by atoms with Crippen LogP contribution in [-0.4, -0.2) is 11.2 Å². The molecular weight excluding hydrogens is 276 g/mol. The van der Waals surface area contributed by atoms with E-state index in [4.69, 9.17) is 12.2 Å². The Morgan fingerprint density at radius 3 is 2.48 bits per heavy atom. The summed E-state index contributed by atoms with van der Waals surface area (Å²) in [6, 6.07) is 8.95. The van der Waals surface area contributed by atoms with Gasteiger partial charge in [-0.05, 0) is 48.0 Å². The Labute approximate surface area is 134 Å². The normalized spacial score (nSPS) is 22.7. The minimum atomic E-state index is 0.108. The van der Waals surface area contributed by atoms with Crippen LogP contribution in [0.5, 0.6) is 0 Å². The van der Waals surface area contributed by atoms with Gasteiger partial charge in [-0.3, -0.25) is 0 Å². The molecule has 0 saturated heterocycles. The van der Waals surface area contributed by atoms with Gasteiger partial charge in [-0.2, -0.15) is 0 Å². The molecule has 0 radical (unpaired) electrons. The molecule has 1 aromatic rings. The van der Waals surface area contributed by atoms with Gasteiger partial charge in [0.15, 0.2) is 5.11 Å². The Hall–Kier alpha value is -1.09. The van der Waals surface area contributed by atoms with Crippen molar-refractivity contribution in [2.24, 2.45) is 5.92 Å². The molecular formula is C18H28N2S. The molecule has 1 aromatic carbocycles. The van der Waals surface area contributed by atoms with Crippen molar-refractivity contribution >= 4 is 23.0 Å². The first-order chi connectivity index (χ1) is 9.88. The van der Waals surface area contributed by atoms with Crippen LogP contribution in [0.1, 0.15) is 58.9 Å². The van der Waals surface area contributed by atoms with Crippen molar-refractivity contribution in [1.29, 1.82) is 0 Å². The fraction of sp³-hybridized carbons (Fsp3) is 0.611. The summed E-state index contributed by atoms with van der Waals surface area (Å²) in [4.78, 5) is 0. The van der Waals surface area contributed by atoms with Crippen LogP contribution in [0.25, 0.3) is 0 Å². The molecule has 1 aliphatic carbocycles. The molecule has 1 saturated carbocycles. The summed E-state index contributed by atoms with van der Waals surface area (Å²) in [5.41, 5.74) is 2.52. The third kappa shape index (κ3) is 4.44. The summed E-state index contributed by atoms with van der Waals surface area (Å²) in [5, 5.41) is 7.68. The van der Waals surface area contributed by atoms with Gasteiger partial charge in [-0.1, -0.05) is 58.7 Å². The van der Waals surface area contributed by atoms with Gasteiger partial charge < -0.3 is 10.6 Å². The number of nitrogens with one attached hydrogen (secondary N) is 2. The van der Waals surface area contributed by atoms with Crippen molar-refractivity contribution in [3.05, 3.63) is 29.8 Å². The van der Waals surface area contributed by atoms with Gasteiger partial charge in [0.2, 0.25) is 0 Å². The molecule has 0 bridgehead atoms. The maximum atomic E-state index is 5.53. The van der Waals surface area contributed by atoms with Gasteiger partial charge in [-0.25, -0.2) is 0 Å². The molecule has 0 aromatic heterocycles. The van der Waals surface area contributed by atoms with E-state index in [1.54, 1.807) is 0 Å². The highest BCUT2D eigenvalue weighted by atomic mass is 32.1. The number of benzene rings is 1. The Kier molecular flexibility index (Phi) is 5.26. The highest BCUT2D eigenvalue weighted by Gasteiger charge is 2.22. The molecule has 1 fully saturated rings. The molecule has 0 aliphatic heterocycles. The lowest BCUT2D eigenvalue weighted by molar-refractivity contribution is 0.309. The molecule has 116 valence electrons. The van der Waals surface area contributed by atoms with Gasteiger partial charge in [0.25, 0.3) is 0 Å². The van der Waals surface area contributed by atoms with Crippen molar-refractivity contribution in [3.8, 4) is 0 Å². The zero-order valence-electron chi connectivity index (χ0n) is 13.7. The molecule has 2 nitrogen and oxygen atoms in total. The first-order valence-corrected chi connectivity index (χ1v) is 8.46. The van der Waals surface area contributed by atoms with Crippen molar-refractivity contribution < 1.29 is 0 Å². The van der Waals surface area contributed by atoms with Gasteiger partial charge in [0.05, 0.1) is 0 Å². The molecule has 0 spiro atoms. The number of thiocarbonyl (C=S) groups is 1. The van der Waals surface area contributed by atoms with Crippen LogP contribution < -0.4 is 10.6 Å². The largest absolute Gasteiger partial charge is 0.359 e. The zero-order valence-corrected chi connectivity index (χ0v) is 14.5. The second-order valence-electron chi connectivity index (χ2n) is 7.26. The maximum Gasteiger partial charge on any atom is 0.171 e. The fourth-order valence-corrected chi connectivity index (χ4v) is 3.36. The first-order valence-electron chi connectivity index (χ1n) is 8.05. The topological polar surface area (TPSA) is 24.1 Å². The summed E-state index contributed by atoms with van der Waals surface area (Å²) in [6.07, 6.45) is 5.19. The van der Waals surface area contributed by atoms with E-state index < -0.39 is 0 Å². The Morgan fingerprint density at radius 1 is 1.14 bits per heavy atom. The van der Waals surface area contributed by atoms with E-state index in [1.165, 1.54) is 31.2 Å². The highest BCUT2D eigenvalue weighted by molar-refractivity contribution is 7.80. The average Bonchev–Trinajstić information content (AvgIpc) is 2.41. The SMILES string of the molecule is C[C@H]1CCCC[C@@H]1NC(=S)Nc1ccccc1C(C)(C)C. The summed E-state index contributed by atoms with van der Waals surface area (Å²) >= 11 is 5.53. The molecule has 21 heavy (non-hydrogen) atoms. The van der Waals surface area contributed by atoms with E-state index in [-0.39, 0.29) is 5.41 Å². The number of para-hydroxylation sites is 1. The highest BCUT2D eigenvalue weighted by Crippen LogP contribution is 2.29. The van der Waals surface area contributed by atoms with E-state index in [1.807, 2.05) is 0 Å². The zero-order chi connectivity index (χ0) is 15.5. The smallest absolute Gasteiger partial charge is 0.171 e. The summed E-state index contributed by atoms with van der Waals surface area (Å²) in [7, 11) is 0. The van der Waals surface area contributed by atoms with E-state index in [0.29, 0.717) is 12.0 Å². The van der Waals surface area contributed by atoms with Gasteiger partial charge in [0, 0.05) is 11.7 Å². The number of rotatable bonds is 2. The monoisotopic (exact) mass is 304 g/mol. The van der Waals surface area contributed by atoms with Gasteiger partial charge in [0.1, 0.15) is 0 Å². The van der Waals surface area contributed by atoms with Crippen LogP contribution in [0.2, 0.25) is 0 Å². The van der Waals surface area contributed by atoms with Crippen molar-refractivity contribution in [2.75, 3.05) is 5.32 Å². The predicted octanol–water partition coefficient (Wildman–Crippen LogP) is 4.85. The third-order valence-corrected chi connectivity index (χ3v) is 4.63. The summed E-state index contributed by atoms with van der Waals surface area (Å²) in [6.45, 7) is 9.01. The Bertz CT molecular complexity index is 490. The van der Waals surface area contributed by atoms with Gasteiger partial charge >= 0.3 is 0 Å². The third-order valence-electron chi connectivity index (χ3n) is 4.41. The second-order valence-corrected chi connectivity index (χ2v) is 7.67. The number of anilines is 1. The van der Waals surface area contributed by atoms with E-state index in [2.05, 4.69) is 62.6 Å². The average molecular weight is 305 g/mol. The number of hydrogen-bond donors (Lipinski definition) is 2. The Balaban J connectivity index is 2.03. The lowest BCUT2D eigenvalue weighted by Gasteiger charge is -2.31. The molecule has 0 amide bonds. The quantitative estimate of drug-likeness (QED) is 0.764. The van der Waals surface area contributed by atoms with Crippen molar-refractivity contribution in [3.63, 3.8) is 0 Å². The number of hydrogen-bond acceptors (Lipinski definition) is 1. The van der Waals surface area contributed by atoms with Crippen molar-refractivity contribution in [1.82, 2.24) is 5.32 Å². The molecule has 1 aliphatic rings. The minimum absolute atomic E-state index is 0.108. The molecule has 2 N–H and O–H groups in total. The Morgan fingerprint density at radius 2 is 1.81 bits per heavy atom. The van der Waals surface area contributed by atoms with E-state index in [0.717, 1.165) is 10.8 Å². The van der Waals surface area contributed by atoms with Crippen LogP contribution in [-0.2, 0) is 5.41 Å². The van der Waals surface area contributed by atoms with Gasteiger partial charge in [-0.15, -0.1) is 0 Å². The molecule has 2 rings (SSSR count). The van der Waals surface area contributed by atoms with Crippen LogP contribution in [0, 0.1) is 5.92 Å². The molecule has 2 atom stereocenters. The fourth-order valence-electron chi connectivity index (χ4n) is 3.10. The maximum absolute atomic E-state index is 5.53. The standard InChI is InChI=1S/C18H28N2S/c1-13-9-5-7-11-15(13)19-17(21)20-16-12-8-6-10-14(16)18(2,3)4/h6,8,10,12-13,15H,5,7,9,11H2,1-4H3,(H2,19,20,21)/t13-,15-/m0/s1. The van der Waals surface area contributed by atoms with Crippen LogP contribution in [0.3, 0.4) is 0 Å². The van der Waals surface area contributed by atoms with Crippen LogP contribution in [0.4, 0.5) is 5.69 Å². The lowest BCUT2D eigenvalue weighted by atomic mass is 9.85. The second kappa shape index (κ2) is 6.78. The predicted molar refractivity (Wildman–Crippen MR) is 95.9 cm³/mol. The van der Waals surface area contributed by atoms with Crippen LogP contribution >= 0.6 is 12.2 Å². The van der Waals surface area contributed by atoms with E-state index in [9.17, 15) is 0 Å². The molecule has 0 unspecified atom stereocenters. The van der Waals surface area contributed by atoms with E-state index >= 15 is 0 Å². The molecule has 3 heteroatoms. The first kappa shape index (κ1) is 16.3. The van der Waals surface area contributed by atoms with Crippen LogP contribution in [0.15, 0.2) is 24.3 Å². The van der Waals surface area contributed by atoms with Crippen molar-refractivity contribution in [2.45, 2.75) is 64.8 Å². The molecule has 0 heterocycles.